The van der Waals surface area contributed by atoms with Crippen LogP contribution in [0.2, 0.25) is 0 Å². The van der Waals surface area contributed by atoms with E-state index in [9.17, 15) is 18.0 Å². The molecule has 0 heterocycles. The van der Waals surface area contributed by atoms with Crippen molar-refractivity contribution in [3.63, 3.8) is 0 Å². The first kappa shape index (κ1) is 29.3. The lowest BCUT2D eigenvalue weighted by atomic mass is 10.1. The number of nitrogens with one attached hydrogen (secondary N) is 1. The Morgan fingerprint density at radius 1 is 0.900 bits per heavy atom. The topological polar surface area (TPSA) is 86.8 Å². The normalized spacial score (nSPS) is 14.5. The van der Waals surface area contributed by atoms with Gasteiger partial charge in [0.15, 0.2) is 0 Å². The van der Waals surface area contributed by atoms with Crippen LogP contribution in [0.3, 0.4) is 0 Å². The van der Waals surface area contributed by atoms with E-state index in [1.165, 1.54) is 4.90 Å². The molecule has 1 saturated carbocycles. The zero-order valence-corrected chi connectivity index (χ0v) is 24.6. The fraction of sp³-hybridized carbons (Fsp3) is 0.375. The van der Waals surface area contributed by atoms with Gasteiger partial charge >= 0.3 is 0 Å². The van der Waals surface area contributed by atoms with Gasteiger partial charge in [-0.05, 0) is 81.5 Å². The highest BCUT2D eigenvalue weighted by Gasteiger charge is 2.33. The van der Waals surface area contributed by atoms with E-state index in [4.69, 9.17) is 0 Å². The highest BCUT2D eigenvalue weighted by molar-refractivity contribution is 7.92. The Labute approximate surface area is 238 Å². The molecule has 0 saturated heterocycles. The van der Waals surface area contributed by atoms with Crippen molar-refractivity contribution < 1.29 is 18.0 Å². The van der Waals surface area contributed by atoms with Gasteiger partial charge in [-0.2, -0.15) is 0 Å². The number of hydrogen-bond acceptors (Lipinski definition) is 4. The minimum atomic E-state index is -4.08. The van der Waals surface area contributed by atoms with E-state index in [1.807, 2.05) is 57.2 Å². The maximum Gasteiger partial charge on any atom is 0.264 e. The Hall–Kier alpha value is -3.65. The number of carbonyl (C=O) groups is 2. The molecule has 1 aliphatic carbocycles. The summed E-state index contributed by atoms with van der Waals surface area (Å²) in [6, 6.07) is 20.7. The van der Waals surface area contributed by atoms with Gasteiger partial charge in [0.25, 0.3) is 10.0 Å². The number of rotatable bonds is 10. The number of anilines is 1. The van der Waals surface area contributed by atoms with Gasteiger partial charge < -0.3 is 10.2 Å². The van der Waals surface area contributed by atoms with Gasteiger partial charge in [-0.3, -0.25) is 13.9 Å². The zero-order chi connectivity index (χ0) is 28.9. The lowest BCUT2D eigenvalue weighted by Gasteiger charge is -2.32. The Bertz CT molecular complexity index is 1430. The molecule has 212 valence electrons. The minimum Gasteiger partial charge on any atom is -0.352 e. The van der Waals surface area contributed by atoms with Gasteiger partial charge in [-0.25, -0.2) is 8.42 Å². The minimum absolute atomic E-state index is 0.103. The van der Waals surface area contributed by atoms with Gasteiger partial charge in [0.2, 0.25) is 11.8 Å². The molecule has 1 aliphatic rings. The Balaban J connectivity index is 1.69. The molecule has 0 aromatic heterocycles. The first-order chi connectivity index (χ1) is 19.1. The Morgan fingerprint density at radius 2 is 1.55 bits per heavy atom. The third kappa shape index (κ3) is 6.91. The van der Waals surface area contributed by atoms with Crippen LogP contribution >= 0.6 is 0 Å². The largest absolute Gasteiger partial charge is 0.352 e. The maximum atomic E-state index is 14.0. The molecule has 40 heavy (non-hydrogen) atoms. The molecule has 1 fully saturated rings. The quantitative estimate of drug-likeness (QED) is 0.365. The molecule has 0 bridgehead atoms. The van der Waals surface area contributed by atoms with Crippen molar-refractivity contribution >= 4 is 27.5 Å². The highest BCUT2D eigenvalue weighted by atomic mass is 32.2. The van der Waals surface area contributed by atoms with E-state index in [-0.39, 0.29) is 23.4 Å². The summed E-state index contributed by atoms with van der Waals surface area (Å²) in [6.45, 7) is 7.21. The summed E-state index contributed by atoms with van der Waals surface area (Å²) >= 11 is 0. The van der Waals surface area contributed by atoms with Gasteiger partial charge in [0, 0.05) is 12.6 Å². The molecule has 3 aromatic rings. The molecule has 7 nitrogen and oxygen atoms in total. The number of carbonyl (C=O) groups excluding carboxylic acids is 2. The van der Waals surface area contributed by atoms with Crippen molar-refractivity contribution in [3.8, 4) is 0 Å². The van der Waals surface area contributed by atoms with Crippen molar-refractivity contribution in [2.24, 2.45) is 0 Å². The van der Waals surface area contributed by atoms with Crippen molar-refractivity contribution in [1.29, 1.82) is 0 Å². The van der Waals surface area contributed by atoms with Crippen LogP contribution in [0.15, 0.2) is 77.7 Å². The molecule has 0 aliphatic heterocycles. The lowest BCUT2D eigenvalue weighted by molar-refractivity contribution is -0.139. The predicted molar refractivity (Wildman–Crippen MR) is 158 cm³/mol. The highest BCUT2D eigenvalue weighted by Crippen LogP contribution is 2.27. The van der Waals surface area contributed by atoms with Gasteiger partial charge in [0.1, 0.15) is 12.6 Å². The summed E-state index contributed by atoms with van der Waals surface area (Å²) in [5.74, 6) is -0.679. The van der Waals surface area contributed by atoms with E-state index in [2.05, 4.69) is 5.32 Å². The van der Waals surface area contributed by atoms with E-state index in [1.54, 1.807) is 43.3 Å². The summed E-state index contributed by atoms with van der Waals surface area (Å²) < 4.78 is 29.1. The second-order valence-electron chi connectivity index (χ2n) is 10.8. The average Bonchev–Trinajstić information content (AvgIpc) is 3.45. The zero-order valence-electron chi connectivity index (χ0n) is 23.8. The Kier molecular flexibility index (Phi) is 9.30. The summed E-state index contributed by atoms with van der Waals surface area (Å²) in [7, 11) is -4.08. The van der Waals surface area contributed by atoms with Crippen molar-refractivity contribution in [3.05, 3.63) is 95.1 Å². The third-order valence-corrected chi connectivity index (χ3v) is 9.52. The van der Waals surface area contributed by atoms with Crippen LogP contribution in [-0.2, 0) is 26.2 Å². The molecular weight excluding hydrogens is 522 g/mol. The first-order valence-corrected chi connectivity index (χ1v) is 15.3. The summed E-state index contributed by atoms with van der Waals surface area (Å²) in [5, 5.41) is 3.10. The third-order valence-electron chi connectivity index (χ3n) is 7.73. The van der Waals surface area contributed by atoms with Crippen LogP contribution in [0.25, 0.3) is 0 Å². The molecule has 0 radical (unpaired) electrons. The molecule has 8 heteroatoms. The molecule has 0 unspecified atom stereocenters. The fourth-order valence-corrected chi connectivity index (χ4v) is 6.41. The second-order valence-corrected chi connectivity index (χ2v) is 12.6. The predicted octanol–water partition coefficient (Wildman–Crippen LogP) is 5.28. The fourth-order valence-electron chi connectivity index (χ4n) is 5.00. The summed E-state index contributed by atoms with van der Waals surface area (Å²) in [4.78, 5) is 28.9. The van der Waals surface area contributed by atoms with Crippen LogP contribution in [0.5, 0.6) is 0 Å². The maximum absolute atomic E-state index is 14.0. The van der Waals surface area contributed by atoms with Gasteiger partial charge in [-0.15, -0.1) is 0 Å². The van der Waals surface area contributed by atoms with Crippen molar-refractivity contribution in [2.75, 3.05) is 10.8 Å². The Morgan fingerprint density at radius 3 is 2.17 bits per heavy atom. The van der Waals surface area contributed by atoms with Crippen LogP contribution in [0.4, 0.5) is 5.69 Å². The number of sulfonamides is 1. The molecular formula is C32H39N3O4S. The molecule has 1 N–H and O–H groups in total. The van der Waals surface area contributed by atoms with Crippen LogP contribution in [-0.4, -0.2) is 43.8 Å². The number of hydrogen-bond donors (Lipinski definition) is 1. The molecule has 2 amide bonds. The summed E-state index contributed by atoms with van der Waals surface area (Å²) in [6.07, 6.45) is 4.02. The van der Waals surface area contributed by atoms with Crippen LogP contribution in [0, 0.1) is 20.8 Å². The second kappa shape index (κ2) is 12.7. The molecule has 0 spiro atoms. The summed E-state index contributed by atoms with van der Waals surface area (Å²) in [5.41, 5.74) is 4.13. The monoisotopic (exact) mass is 561 g/mol. The molecule has 1 atom stereocenters. The van der Waals surface area contributed by atoms with Crippen LogP contribution < -0.4 is 9.62 Å². The number of benzene rings is 3. The standard InChI is InChI=1S/C32H39N3O4S/c1-23-14-18-30(19-15-23)40(38,39)35(29-17-16-24(2)25(3)20-29)22-31(36)34(21-27-10-6-5-7-11-27)26(4)32(37)33-28-12-8-9-13-28/h5-7,10-11,14-20,26,28H,8-9,12-13,21-22H2,1-4H3,(H,33,37)/t26-/m1/s1. The lowest BCUT2D eigenvalue weighted by Crippen LogP contribution is -2.52. The van der Waals surface area contributed by atoms with Gasteiger partial charge in [-0.1, -0.05) is 66.9 Å². The van der Waals surface area contributed by atoms with E-state index < -0.39 is 28.5 Å². The number of aryl methyl sites for hydroxylation is 3. The number of nitrogens with zero attached hydrogens (tertiary/aromatic N) is 2. The van der Waals surface area contributed by atoms with Crippen molar-refractivity contribution in [1.82, 2.24) is 10.2 Å². The van der Waals surface area contributed by atoms with Gasteiger partial charge in [0.05, 0.1) is 10.6 Å². The number of amides is 2. The SMILES string of the molecule is Cc1ccc(S(=O)(=O)N(CC(=O)N(Cc2ccccc2)[C@H](C)C(=O)NC2CCCC2)c2ccc(C)c(C)c2)cc1. The van der Waals surface area contributed by atoms with Crippen molar-refractivity contribution in [2.45, 2.75) is 76.9 Å². The molecule has 4 rings (SSSR count). The average molecular weight is 562 g/mol. The van der Waals surface area contributed by atoms with E-state index >= 15 is 0 Å². The molecule has 3 aromatic carbocycles. The smallest absolute Gasteiger partial charge is 0.264 e. The van der Waals surface area contributed by atoms with E-state index in [0.717, 1.165) is 52.2 Å². The van der Waals surface area contributed by atoms with Crippen LogP contribution in [0.1, 0.15) is 54.9 Å². The first-order valence-electron chi connectivity index (χ1n) is 13.9. The van der Waals surface area contributed by atoms with E-state index in [0.29, 0.717) is 5.69 Å².